The zero-order valence-electron chi connectivity index (χ0n) is 16.1. The molecule has 1 amide bonds. The van der Waals surface area contributed by atoms with E-state index in [9.17, 15) is 4.79 Å². The first-order valence-corrected chi connectivity index (χ1v) is 10.9. The van der Waals surface area contributed by atoms with E-state index in [1.165, 1.54) is 0 Å². The highest BCUT2D eigenvalue weighted by molar-refractivity contribution is 6.74. The van der Waals surface area contributed by atoms with Crippen molar-refractivity contribution in [1.82, 2.24) is 4.90 Å². The molecule has 0 bridgehead atoms. The zero-order valence-corrected chi connectivity index (χ0v) is 17.1. The van der Waals surface area contributed by atoms with Crippen molar-refractivity contribution >= 4 is 14.4 Å². The van der Waals surface area contributed by atoms with E-state index in [0.717, 1.165) is 6.42 Å². The summed E-state index contributed by atoms with van der Waals surface area (Å²) < 4.78 is 11.4. The fraction of sp³-hybridized carbons (Fsp3) is 0.824. The third kappa shape index (κ3) is 7.34. The van der Waals surface area contributed by atoms with Crippen LogP contribution in [0.1, 0.15) is 54.9 Å². The van der Waals surface area contributed by atoms with Crippen LogP contribution in [-0.2, 0) is 9.16 Å². The average Bonchev–Trinajstić information content (AvgIpc) is 2.29. The molecule has 0 saturated carbocycles. The third-order valence-corrected chi connectivity index (χ3v) is 8.42. The molecule has 0 heterocycles. The van der Waals surface area contributed by atoms with Gasteiger partial charge >= 0.3 is 6.09 Å². The van der Waals surface area contributed by atoms with E-state index >= 15 is 0 Å². The summed E-state index contributed by atoms with van der Waals surface area (Å²) >= 11 is 0. The molecule has 130 valence electrons. The lowest BCUT2D eigenvalue weighted by Crippen LogP contribution is -2.39. The van der Waals surface area contributed by atoms with Gasteiger partial charge in [0, 0.05) is 13.1 Å². The number of amides is 1. The Kier molecular flexibility index (Phi) is 7.20. The zero-order chi connectivity index (χ0) is 17.8. The van der Waals surface area contributed by atoms with E-state index in [2.05, 4.69) is 33.9 Å². The molecule has 0 aromatic carbocycles. The fourth-order valence-electron chi connectivity index (χ4n) is 1.32. The Bertz CT molecular complexity index is 392. The van der Waals surface area contributed by atoms with E-state index in [4.69, 9.17) is 9.16 Å². The summed E-state index contributed by atoms with van der Waals surface area (Å²) in [7, 11) is 0.0154. The number of carbonyl (C=O) groups excluding carboxylic acids is 1. The second kappa shape index (κ2) is 7.53. The van der Waals surface area contributed by atoms with E-state index in [1.807, 2.05) is 33.8 Å². The smallest absolute Gasteiger partial charge is 0.410 e. The molecule has 0 rings (SSSR count). The lowest BCUT2D eigenvalue weighted by Gasteiger charge is -2.35. The Morgan fingerprint density at radius 2 is 1.68 bits per heavy atom. The molecule has 0 fully saturated rings. The molecule has 0 aliphatic heterocycles. The van der Waals surface area contributed by atoms with Gasteiger partial charge in [-0.15, -0.1) is 0 Å². The molecular formula is C17H35NO3Si. The van der Waals surface area contributed by atoms with Crippen molar-refractivity contribution in [2.75, 3.05) is 7.05 Å². The second-order valence-corrected chi connectivity index (χ2v) is 13.2. The minimum atomic E-state index is -1.75. The van der Waals surface area contributed by atoms with Crippen molar-refractivity contribution in [1.29, 1.82) is 0 Å². The molecule has 0 spiro atoms. The summed E-state index contributed by atoms with van der Waals surface area (Å²) in [6.07, 6.45) is 4.24. The quantitative estimate of drug-likeness (QED) is 0.516. The Labute approximate surface area is 138 Å². The molecule has 22 heavy (non-hydrogen) atoms. The van der Waals surface area contributed by atoms with Gasteiger partial charge in [-0.3, -0.25) is 0 Å². The van der Waals surface area contributed by atoms with Crippen LogP contribution in [0, 0.1) is 0 Å². The van der Waals surface area contributed by atoms with Crippen LogP contribution >= 0.6 is 0 Å². The Hall–Kier alpha value is -0.973. The summed E-state index contributed by atoms with van der Waals surface area (Å²) in [5.41, 5.74) is -0.466. The second-order valence-electron chi connectivity index (χ2n) is 8.43. The SMILES string of the molecule is CC(CC=CO[Si](C)(C)C(C)(C)C)N(C)C(=O)OC(C)(C)C. The number of hydrogen-bond donors (Lipinski definition) is 0. The molecule has 0 N–H and O–H groups in total. The van der Waals surface area contributed by atoms with Gasteiger partial charge < -0.3 is 14.1 Å². The van der Waals surface area contributed by atoms with Crippen molar-refractivity contribution in [2.24, 2.45) is 0 Å². The Balaban J connectivity index is 4.42. The molecule has 0 aromatic heterocycles. The minimum Gasteiger partial charge on any atom is -0.549 e. The van der Waals surface area contributed by atoms with Crippen LogP contribution in [-0.4, -0.2) is 38.0 Å². The summed E-state index contributed by atoms with van der Waals surface area (Å²) in [5.74, 6) is 0. The lowest BCUT2D eigenvalue weighted by molar-refractivity contribution is 0.0237. The number of ether oxygens (including phenoxy) is 1. The van der Waals surface area contributed by atoms with Crippen LogP contribution in [0.25, 0.3) is 0 Å². The molecule has 1 atom stereocenters. The molecule has 0 aliphatic rings. The molecular weight excluding hydrogens is 294 g/mol. The Morgan fingerprint density at radius 1 is 1.18 bits per heavy atom. The van der Waals surface area contributed by atoms with Crippen molar-refractivity contribution in [3.63, 3.8) is 0 Å². The van der Waals surface area contributed by atoms with Crippen molar-refractivity contribution in [2.45, 2.75) is 84.7 Å². The number of hydrogen-bond acceptors (Lipinski definition) is 3. The van der Waals surface area contributed by atoms with E-state index in [-0.39, 0.29) is 17.2 Å². The maximum Gasteiger partial charge on any atom is 0.410 e. The van der Waals surface area contributed by atoms with Crippen LogP contribution in [0.15, 0.2) is 12.3 Å². The molecule has 1 unspecified atom stereocenters. The molecule has 0 radical (unpaired) electrons. The van der Waals surface area contributed by atoms with E-state index in [1.54, 1.807) is 18.2 Å². The predicted molar refractivity (Wildman–Crippen MR) is 95.5 cm³/mol. The van der Waals surface area contributed by atoms with Gasteiger partial charge in [0.1, 0.15) is 5.60 Å². The van der Waals surface area contributed by atoms with Gasteiger partial charge in [0.15, 0.2) is 0 Å². The van der Waals surface area contributed by atoms with E-state index in [0.29, 0.717) is 0 Å². The fourth-order valence-corrected chi connectivity index (χ4v) is 2.11. The molecule has 4 nitrogen and oxygen atoms in total. The lowest BCUT2D eigenvalue weighted by atomic mass is 10.2. The highest BCUT2D eigenvalue weighted by atomic mass is 28.4. The monoisotopic (exact) mass is 329 g/mol. The first-order valence-electron chi connectivity index (χ1n) is 7.96. The van der Waals surface area contributed by atoms with Gasteiger partial charge in [0.2, 0.25) is 8.32 Å². The number of nitrogens with zero attached hydrogens (tertiary/aromatic N) is 1. The largest absolute Gasteiger partial charge is 0.549 e. The Morgan fingerprint density at radius 3 is 2.09 bits per heavy atom. The molecule has 0 saturated heterocycles. The summed E-state index contributed by atoms with van der Waals surface area (Å²) in [6.45, 7) is 18.7. The maximum atomic E-state index is 12.0. The summed E-state index contributed by atoms with van der Waals surface area (Å²) in [5, 5.41) is 0.191. The van der Waals surface area contributed by atoms with Crippen LogP contribution in [0.4, 0.5) is 4.79 Å². The average molecular weight is 330 g/mol. The van der Waals surface area contributed by atoms with Gasteiger partial charge in [-0.2, -0.15) is 0 Å². The normalized spacial score (nSPS) is 14.8. The van der Waals surface area contributed by atoms with Crippen LogP contribution in [0.5, 0.6) is 0 Å². The van der Waals surface area contributed by atoms with Gasteiger partial charge in [-0.1, -0.05) is 20.8 Å². The van der Waals surface area contributed by atoms with Gasteiger partial charge in [0.05, 0.1) is 6.26 Å². The molecule has 5 heteroatoms. The van der Waals surface area contributed by atoms with Crippen LogP contribution < -0.4 is 0 Å². The van der Waals surface area contributed by atoms with Gasteiger partial charge in [0.25, 0.3) is 0 Å². The van der Waals surface area contributed by atoms with Crippen LogP contribution in [0.3, 0.4) is 0 Å². The molecule has 0 aliphatic carbocycles. The van der Waals surface area contributed by atoms with Crippen molar-refractivity contribution in [3.8, 4) is 0 Å². The standard InChI is InChI=1S/C17H35NO3Si/c1-14(18(8)15(19)21-16(2,3)4)12-11-13-20-22(9,10)17(5,6)7/h11,13-14H,12H2,1-10H3. The van der Waals surface area contributed by atoms with Crippen LogP contribution in [0.2, 0.25) is 18.1 Å². The highest BCUT2D eigenvalue weighted by Crippen LogP contribution is 2.36. The van der Waals surface area contributed by atoms with Crippen molar-refractivity contribution in [3.05, 3.63) is 12.3 Å². The minimum absolute atomic E-state index is 0.0640. The van der Waals surface area contributed by atoms with Gasteiger partial charge in [-0.05, 0) is 58.3 Å². The number of rotatable bonds is 5. The predicted octanol–water partition coefficient (Wildman–Crippen LogP) is 5.17. The topological polar surface area (TPSA) is 38.8 Å². The summed E-state index contributed by atoms with van der Waals surface area (Å²) in [6, 6.07) is 0.0640. The van der Waals surface area contributed by atoms with E-state index < -0.39 is 13.9 Å². The first kappa shape index (κ1) is 21.0. The maximum absolute atomic E-state index is 12.0. The number of carbonyl (C=O) groups is 1. The van der Waals surface area contributed by atoms with Gasteiger partial charge in [-0.25, -0.2) is 4.79 Å². The highest BCUT2D eigenvalue weighted by Gasteiger charge is 2.37. The summed E-state index contributed by atoms with van der Waals surface area (Å²) in [4.78, 5) is 13.6. The first-order chi connectivity index (χ1) is 9.67. The van der Waals surface area contributed by atoms with Crippen molar-refractivity contribution < 1.29 is 14.0 Å². The molecule has 0 aromatic rings. The third-order valence-electron chi connectivity index (χ3n) is 4.08.